The zero-order valence-electron chi connectivity index (χ0n) is 12.3. The molecule has 0 saturated carbocycles. The molecule has 4 N–H and O–H groups in total. The highest BCUT2D eigenvalue weighted by Gasteiger charge is 2.09. The summed E-state index contributed by atoms with van der Waals surface area (Å²) in [6.45, 7) is 0.449. The summed E-state index contributed by atoms with van der Waals surface area (Å²) in [7, 11) is 0. The third-order valence-corrected chi connectivity index (χ3v) is 3.07. The summed E-state index contributed by atoms with van der Waals surface area (Å²) < 4.78 is 0. The van der Waals surface area contributed by atoms with Crippen molar-refractivity contribution in [1.29, 1.82) is 0 Å². The van der Waals surface area contributed by atoms with Gasteiger partial charge in [0.1, 0.15) is 11.5 Å². The number of anilines is 1. The van der Waals surface area contributed by atoms with E-state index >= 15 is 0 Å². The number of carboxylic acid groups (broad SMARTS) is 1. The summed E-state index contributed by atoms with van der Waals surface area (Å²) in [4.78, 5) is 11.1. The molecule has 0 bridgehead atoms. The maximum atomic E-state index is 11.1. The van der Waals surface area contributed by atoms with Gasteiger partial charge in [-0.1, -0.05) is 36.4 Å². The van der Waals surface area contributed by atoms with E-state index in [0.717, 1.165) is 5.56 Å². The van der Waals surface area contributed by atoms with Gasteiger partial charge in [0, 0.05) is 12.2 Å². The van der Waals surface area contributed by atoms with Crippen LogP contribution in [-0.4, -0.2) is 27.8 Å². The molecule has 2 aromatic carbocycles. The SMILES string of the molecule is O=C(O)c1cc(O)ccc1NC/C=C/C=C/c1ccc(O)cc1. The smallest absolute Gasteiger partial charge is 0.337 e. The van der Waals surface area contributed by atoms with Gasteiger partial charge in [-0.2, -0.15) is 0 Å². The summed E-state index contributed by atoms with van der Waals surface area (Å²) in [5.74, 6) is -0.954. The van der Waals surface area contributed by atoms with E-state index in [9.17, 15) is 15.0 Å². The van der Waals surface area contributed by atoms with Gasteiger partial charge < -0.3 is 20.6 Å². The third kappa shape index (κ3) is 4.93. The van der Waals surface area contributed by atoms with E-state index in [1.165, 1.54) is 18.2 Å². The Bertz CT molecular complexity index is 733. The number of aromatic carboxylic acids is 1. The summed E-state index contributed by atoms with van der Waals surface area (Å²) in [5, 5.41) is 30.6. The highest BCUT2D eigenvalue weighted by molar-refractivity contribution is 5.94. The molecule has 0 atom stereocenters. The van der Waals surface area contributed by atoms with Crippen molar-refractivity contribution in [2.45, 2.75) is 0 Å². The number of hydrogen-bond donors (Lipinski definition) is 4. The minimum absolute atomic E-state index is 0.0260. The normalized spacial score (nSPS) is 11.1. The molecule has 5 heteroatoms. The van der Waals surface area contributed by atoms with E-state index < -0.39 is 5.97 Å². The fourth-order valence-corrected chi connectivity index (χ4v) is 1.93. The predicted octanol–water partition coefficient (Wildman–Crippen LogP) is 3.48. The monoisotopic (exact) mass is 311 g/mol. The summed E-state index contributed by atoms with van der Waals surface area (Å²) >= 11 is 0. The average Bonchev–Trinajstić information content (AvgIpc) is 2.53. The standard InChI is InChI=1S/C18H17NO4/c20-14-7-5-13(6-8-14)4-2-1-3-11-19-17-10-9-15(21)12-16(17)18(22)23/h1-10,12,19-21H,11H2,(H,22,23)/b3-1+,4-2+. The van der Waals surface area contributed by atoms with Crippen molar-refractivity contribution in [3.8, 4) is 11.5 Å². The van der Waals surface area contributed by atoms with E-state index in [-0.39, 0.29) is 17.1 Å². The lowest BCUT2D eigenvalue weighted by Crippen LogP contribution is -2.05. The molecule has 0 unspecified atom stereocenters. The largest absolute Gasteiger partial charge is 0.508 e. The first-order valence-electron chi connectivity index (χ1n) is 6.98. The minimum atomic E-state index is -1.10. The number of nitrogens with one attached hydrogen (secondary N) is 1. The van der Waals surface area contributed by atoms with Crippen molar-refractivity contribution in [2.75, 3.05) is 11.9 Å². The number of phenols is 2. The van der Waals surface area contributed by atoms with Crippen LogP contribution in [0.5, 0.6) is 11.5 Å². The van der Waals surface area contributed by atoms with Gasteiger partial charge in [0.25, 0.3) is 0 Å². The van der Waals surface area contributed by atoms with Crippen LogP contribution in [0.4, 0.5) is 5.69 Å². The highest BCUT2D eigenvalue weighted by Crippen LogP contribution is 2.21. The van der Waals surface area contributed by atoms with Crippen LogP contribution in [0.2, 0.25) is 0 Å². The molecule has 0 radical (unpaired) electrons. The van der Waals surface area contributed by atoms with Crippen molar-refractivity contribution in [2.24, 2.45) is 0 Å². The maximum absolute atomic E-state index is 11.1. The number of carboxylic acids is 1. The quantitative estimate of drug-likeness (QED) is 0.484. The van der Waals surface area contributed by atoms with E-state index in [1.54, 1.807) is 24.3 Å². The van der Waals surface area contributed by atoms with Crippen LogP contribution in [-0.2, 0) is 0 Å². The van der Waals surface area contributed by atoms with Gasteiger partial charge in [-0.3, -0.25) is 0 Å². The zero-order valence-corrected chi connectivity index (χ0v) is 12.3. The van der Waals surface area contributed by atoms with E-state index in [1.807, 2.05) is 24.3 Å². The first-order chi connectivity index (χ1) is 11.1. The van der Waals surface area contributed by atoms with E-state index in [2.05, 4.69) is 5.32 Å². The van der Waals surface area contributed by atoms with Gasteiger partial charge in [0.2, 0.25) is 0 Å². The Hall–Kier alpha value is -3.21. The summed E-state index contributed by atoms with van der Waals surface area (Å²) in [6, 6.07) is 11.0. The Morgan fingerprint density at radius 2 is 1.70 bits per heavy atom. The molecule has 118 valence electrons. The van der Waals surface area contributed by atoms with Crippen LogP contribution in [0.3, 0.4) is 0 Å². The van der Waals surface area contributed by atoms with E-state index in [0.29, 0.717) is 12.2 Å². The van der Waals surface area contributed by atoms with Crippen LogP contribution < -0.4 is 5.32 Å². The zero-order chi connectivity index (χ0) is 16.7. The molecule has 0 aliphatic heterocycles. The van der Waals surface area contributed by atoms with Gasteiger partial charge in [0.15, 0.2) is 0 Å². The topological polar surface area (TPSA) is 89.8 Å². The van der Waals surface area contributed by atoms with Crippen molar-refractivity contribution in [1.82, 2.24) is 0 Å². The van der Waals surface area contributed by atoms with Gasteiger partial charge in [-0.15, -0.1) is 0 Å². The van der Waals surface area contributed by atoms with Crippen molar-refractivity contribution in [3.05, 3.63) is 71.8 Å². The molecule has 0 amide bonds. The summed E-state index contributed by atoms with van der Waals surface area (Å²) in [5.41, 5.74) is 1.44. The number of aromatic hydroxyl groups is 2. The maximum Gasteiger partial charge on any atom is 0.337 e. The molecule has 0 saturated heterocycles. The molecule has 0 aliphatic carbocycles. The lowest BCUT2D eigenvalue weighted by Gasteiger charge is -2.07. The first kappa shape index (κ1) is 16.2. The number of benzene rings is 2. The minimum Gasteiger partial charge on any atom is -0.508 e. The van der Waals surface area contributed by atoms with Crippen molar-refractivity contribution >= 4 is 17.7 Å². The Balaban J connectivity index is 1.90. The number of carbonyl (C=O) groups is 1. The van der Waals surface area contributed by atoms with Crippen LogP contribution >= 0.6 is 0 Å². The lowest BCUT2D eigenvalue weighted by atomic mass is 10.1. The van der Waals surface area contributed by atoms with Gasteiger partial charge in [0.05, 0.1) is 5.56 Å². The van der Waals surface area contributed by atoms with Crippen LogP contribution in [0, 0.1) is 0 Å². The first-order valence-corrected chi connectivity index (χ1v) is 6.98. The molecule has 0 heterocycles. The van der Waals surface area contributed by atoms with Crippen molar-refractivity contribution < 1.29 is 20.1 Å². The Morgan fingerprint density at radius 1 is 1.00 bits per heavy atom. The fourth-order valence-electron chi connectivity index (χ4n) is 1.93. The molecule has 2 rings (SSSR count). The second-order valence-electron chi connectivity index (χ2n) is 4.79. The number of allylic oxidation sites excluding steroid dienone is 2. The number of rotatable bonds is 6. The lowest BCUT2D eigenvalue weighted by molar-refractivity contribution is 0.0697. The summed E-state index contributed by atoms with van der Waals surface area (Å²) in [6.07, 6.45) is 7.41. The molecule has 5 nitrogen and oxygen atoms in total. The molecule has 0 aliphatic rings. The third-order valence-electron chi connectivity index (χ3n) is 3.07. The van der Waals surface area contributed by atoms with Crippen LogP contribution in [0.15, 0.2) is 60.7 Å². The number of phenolic OH excluding ortho intramolecular Hbond substituents is 2. The average molecular weight is 311 g/mol. The predicted molar refractivity (Wildman–Crippen MR) is 89.8 cm³/mol. The molecule has 2 aromatic rings. The molecule has 23 heavy (non-hydrogen) atoms. The second-order valence-corrected chi connectivity index (χ2v) is 4.79. The van der Waals surface area contributed by atoms with Crippen molar-refractivity contribution in [3.63, 3.8) is 0 Å². The van der Waals surface area contributed by atoms with E-state index in [4.69, 9.17) is 5.11 Å². The van der Waals surface area contributed by atoms with Crippen LogP contribution in [0.1, 0.15) is 15.9 Å². The Labute approximate surface area is 133 Å². The Kier molecular flexibility index (Phi) is 5.41. The fraction of sp³-hybridized carbons (Fsp3) is 0.0556. The highest BCUT2D eigenvalue weighted by atomic mass is 16.4. The molecular weight excluding hydrogens is 294 g/mol. The van der Waals surface area contributed by atoms with Crippen LogP contribution in [0.25, 0.3) is 6.08 Å². The van der Waals surface area contributed by atoms with Gasteiger partial charge >= 0.3 is 5.97 Å². The Morgan fingerprint density at radius 3 is 2.39 bits per heavy atom. The molecular formula is C18H17NO4. The van der Waals surface area contributed by atoms with Gasteiger partial charge in [-0.25, -0.2) is 4.79 Å². The molecule has 0 aromatic heterocycles. The molecule has 0 fully saturated rings. The second kappa shape index (κ2) is 7.70. The molecule has 0 spiro atoms. The van der Waals surface area contributed by atoms with Gasteiger partial charge in [-0.05, 0) is 35.9 Å². The number of hydrogen-bond acceptors (Lipinski definition) is 4.